The van der Waals surface area contributed by atoms with Crippen molar-refractivity contribution in [3.8, 4) is 11.4 Å². The highest BCUT2D eigenvalue weighted by Gasteiger charge is 2.19. The Morgan fingerprint density at radius 3 is 2.57 bits per heavy atom. The summed E-state index contributed by atoms with van der Waals surface area (Å²) in [5.74, 6) is -0.380. The molecule has 0 aliphatic heterocycles. The number of hydrogen-bond donors (Lipinski definition) is 1. The van der Waals surface area contributed by atoms with E-state index in [1.54, 1.807) is 49.6 Å². The summed E-state index contributed by atoms with van der Waals surface area (Å²) < 4.78 is 6.64. The SMILES string of the molecule is COc1ccc(-n2nc(C(=O)O)c3cccc(Cl)c32)cc1. The Bertz CT molecular complexity index is 825. The molecule has 1 aromatic heterocycles. The van der Waals surface area contributed by atoms with E-state index < -0.39 is 5.97 Å². The summed E-state index contributed by atoms with van der Waals surface area (Å²) in [5, 5.41) is 14.4. The number of rotatable bonds is 3. The third kappa shape index (κ3) is 2.21. The van der Waals surface area contributed by atoms with Crippen LogP contribution < -0.4 is 4.74 Å². The molecule has 0 atom stereocenters. The van der Waals surface area contributed by atoms with Gasteiger partial charge in [-0.3, -0.25) is 0 Å². The van der Waals surface area contributed by atoms with Crippen LogP contribution in [0.2, 0.25) is 5.02 Å². The van der Waals surface area contributed by atoms with Gasteiger partial charge in [0.15, 0.2) is 5.69 Å². The van der Waals surface area contributed by atoms with Crippen molar-refractivity contribution in [2.75, 3.05) is 7.11 Å². The molecule has 3 rings (SSSR count). The van der Waals surface area contributed by atoms with E-state index in [1.165, 1.54) is 4.68 Å². The van der Waals surface area contributed by atoms with Gasteiger partial charge >= 0.3 is 5.97 Å². The molecule has 0 spiro atoms. The van der Waals surface area contributed by atoms with Crippen LogP contribution in [0.4, 0.5) is 0 Å². The van der Waals surface area contributed by atoms with Gasteiger partial charge < -0.3 is 9.84 Å². The molecule has 0 fully saturated rings. The van der Waals surface area contributed by atoms with E-state index in [9.17, 15) is 9.90 Å². The zero-order valence-electron chi connectivity index (χ0n) is 11.1. The highest BCUT2D eigenvalue weighted by atomic mass is 35.5. The molecule has 6 heteroatoms. The first-order valence-electron chi connectivity index (χ1n) is 6.17. The number of carboxylic acid groups (broad SMARTS) is 1. The van der Waals surface area contributed by atoms with Crippen molar-refractivity contribution in [3.05, 3.63) is 53.2 Å². The highest BCUT2D eigenvalue weighted by molar-refractivity contribution is 6.35. The summed E-state index contributed by atoms with van der Waals surface area (Å²) in [6.07, 6.45) is 0. The van der Waals surface area contributed by atoms with Crippen LogP contribution in [0.1, 0.15) is 10.5 Å². The van der Waals surface area contributed by atoms with Gasteiger partial charge in [-0.2, -0.15) is 5.10 Å². The second kappa shape index (κ2) is 5.10. The lowest BCUT2D eigenvalue weighted by Crippen LogP contribution is -2.01. The number of methoxy groups -OCH3 is 1. The molecule has 0 bridgehead atoms. The summed E-state index contributed by atoms with van der Waals surface area (Å²) in [5.41, 5.74) is 1.26. The maximum absolute atomic E-state index is 11.3. The smallest absolute Gasteiger partial charge is 0.357 e. The summed E-state index contributed by atoms with van der Waals surface area (Å²) in [6, 6.07) is 12.2. The summed E-state index contributed by atoms with van der Waals surface area (Å²) in [6.45, 7) is 0. The van der Waals surface area contributed by atoms with Crippen molar-refractivity contribution in [2.24, 2.45) is 0 Å². The number of aromatic nitrogens is 2. The normalized spacial score (nSPS) is 10.8. The highest BCUT2D eigenvalue weighted by Crippen LogP contribution is 2.29. The van der Waals surface area contributed by atoms with Crippen molar-refractivity contribution in [1.29, 1.82) is 0 Å². The summed E-state index contributed by atoms with van der Waals surface area (Å²) >= 11 is 6.21. The lowest BCUT2D eigenvalue weighted by molar-refractivity contribution is 0.0692. The van der Waals surface area contributed by atoms with E-state index in [0.717, 1.165) is 0 Å². The minimum absolute atomic E-state index is 0.0247. The lowest BCUT2D eigenvalue weighted by atomic mass is 10.2. The second-order valence-corrected chi connectivity index (χ2v) is 4.81. The van der Waals surface area contributed by atoms with Crippen molar-refractivity contribution >= 4 is 28.5 Å². The van der Waals surface area contributed by atoms with Gasteiger partial charge in [0.1, 0.15) is 5.75 Å². The Kier molecular flexibility index (Phi) is 3.27. The van der Waals surface area contributed by atoms with Crippen LogP contribution in [-0.2, 0) is 0 Å². The number of para-hydroxylation sites is 1. The van der Waals surface area contributed by atoms with Gasteiger partial charge in [0, 0.05) is 5.39 Å². The monoisotopic (exact) mass is 302 g/mol. The molecular weight excluding hydrogens is 292 g/mol. The Labute approximate surface area is 125 Å². The number of ether oxygens (including phenoxy) is 1. The minimum Gasteiger partial charge on any atom is -0.497 e. The number of nitrogens with zero attached hydrogens (tertiary/aromatic N) is 2. The van der Waals surface area contributed by atoms with Gasteiger partial charge in [-0.1, -0.05) is 23.7 Å². The summed E-state index contributed by atoms with van der Waals surface area (Å²) in [4.78, 5) is 11.3. The Hall–Kier alpha value is -2.53. The van der Waals surface area contributed by atoms with Gasteiger partial charge in [-0.25, -0.2) is 9.48 Å². The van der Waals surface area contributed by atoms with Crippen LogP contribution in [0.3, 0.4) is 0 Å². The first-order valence-corrected chi connectivity index (χ1v) is 6.54. The van der Waals surface area contributed by atoms with E-state index >= 15 is 0 Å². The predicted molar refractivity (Wildman–Crippen MR) is 79.6 cm³/mol. The number of aromatic carboxylic acids is 1. The number of carboxylic acids is 1. The van der Waals surface area contributed by atoms with Gasteiger partial charge in [0.05, 0.1) is 23.3 Å². The first-order chi connectivity index (χ1) is 10.1. The van der Waals surface area contributed by atoms with Gasteiger partial charge in [-0.15, -0.1) is 0 Å². The average Bonchev–Trinajstić information content (AvgIpc) is 2.88. The average molecular weight is 303 g/mol. The van der Waals surface area contributed by atoms with Crippen LogP contribution in [0, 0.1) is 0 Å². The molecule has 0 saturated heterocycles. The fraction of sp³-hybridized carbons (Fsp3) is 0.0667. The second-order valence-electron chi connectivity index (χ2n) is 4.40. The third-order valence-electron chi connectivity index (χ3n) is 3.17. The van der Waals surface area contributed by atoms with Crippen molar-refractivity contribution in [2.45, 2.75) is 0 Å². The Balaban J connectivity index is 2.28. The molecule has 5 nitrogen and oxygen atoms in total. The molecule has 2 aromatic carbocycles. The number of hydrogen-bond acceptors (Lipinski definition) is 3. The lowest BCUT2D eigenvalue weighted by Gasteiger charge is -2.05. The molecule has 21 heavy (non-hydrogen) atoms. The zero-order chi connectivity index (χ0) is 15.0. The van der Waals surface area contributed by atoms with E-state index in [4.69, 9.17) is 16.3 Å². The molecule has 0 radical (unpaired) electrons. The first kappa shape index (κ1) is 13.5. The molecule has 1 heterocycles. The fourth-order valence-electron chi connectivity index (χ4n) is 2.19. The van der Waals surface area contributed by atoms with Gasteiger partial charge in [-0.05, 0) is 30.3 Å². The van der Waals surface area contributed by atoms with E-state index in [2.05, 4.69) is 5.10 Å². The van der Waals surface area contributed by atoms with Crippen molar-refractivity contribution in [1.82, 2.24) is 9.78 Å². The maximum atomic E-state index is 11.3. The number of benzene rings is 2. The molecular formula is C15H11ClN2O3. The minimum atomic E-state index is -1.09. The Morgan fingerprint density at radius 2 is 1.95 bits per heavy atom. The molecule has 1 N–H and O–H groups in total. The topological polar surface area (TPSA) is 64.4 Å². The molecule has 0 saturated carbocycles. The van der Waals surface area contributed by atoms with Crippen LogP contribution in [0.25, 0.3) is 16.6 Å². The Morgan fingerprint density at radius 1 is 1.24 bits per heavy atom. The molecule has 106 valence electrons. The fourth-order valence-corrected chi connectivity index (χ4v) is 2.45. The van der Waals surface area contributed by atoms with Gasteiger partial charge in [0.2, 0.25) is 0 Å². The largest absolute Gasteiger partial charge is 0.497 e. The van der Waals surface area contributed by atoms with Crippen molar-refractivity contribution in [3.63, 3.8) is 0 Å². The predicted octanol–water partition coefficient (Wildman–Crippen LogP) is 3.39. The van der Waals surface area contributed by atoms with E-state index in [0.29, 0.717) is 27.4 Å². The molecule has 0 amide bonds. The van der Waals surface area contributed by atoms with Crippen molar-refractivity contribution < 1.29 is 14.6 Å². The third-order valence-corrected chi connectivity index (χ3v) is 3.48. The standard InChI is InChI=1S/C15H11ClN2O3/c1-21-10-7-5-9(6-8-10)18-14-11(3-2-4-12(14)16)13(17-18)15(19)20/h2-8H,1H3,(H,19,20). The summed E-state index contributed by atoms with van der Waals surface area (Å²) in [7, 11) is 1.58. The van der Waals surface area contributed by atoms with Crippen LogP contribution in [0.15, 0.2) is 42.5 Å². The quantitative estimate of drug-likeness (QED) is 0.805. The molecule has 0 aliphatic carbocycles. The van der Waals surface area contributed by atoms with Gasteiger partial charge in [0.25, 0.3) is 0 Å². The maximum Gasteiger partial charge on any atom is 0.357 e. The van der Waals surface area contributed by atoms with E-state index in [-0.39, 0.29) is 5.69 Å². The van der Waals surface area contributed by atoms with Crippen LogP contribution >= 0.6 is 11.6 Å². The zero-order valence-corrected chi connectivity index (χ0v) is 11.8. The number of fused-ring (bicyclic) bond motifs is 1. The van der Waals surface area contributed by atoms with Crippen LogP contribution in [0.5, 0.6) is 5.75 Å². The van der Waals surface area contributed by atoms with Crippen LogP contribution in [-0.4, -0.2) is 28.0 Å². The molecule has 3 aromatic rings. The number of carbonyl (C=O) groups is 1. The molecule has 0 aliphatic rings. The molecule has 0 unspecified atom stereocenters. The van der Waals surface area contributed by atoms with E-state index in [1.807, 2.05) is 0 Å². The number of halogens is 1.